The van der Waals surface area contributed by atoms with Crippen molar-refractivity contribution >= 4 is 0 Å². The highest BCUT2D eigenvalue weighted by Crippen LogP contribution is 2.12. The maximum atomic E-state index is 8.70. The zero-order chi connectivity index (χ0) is 12.5. The molecule has 1 heterocycles. The van der Waals surface area contributed by atoms with Crippen molar-refractivity contribution in [3.05, 3.63) is 37.0 Å². The smallest absolute Gasteiger partial charge is 0.0765 e. The van der Waals surface area contributed by atoms with Gasteiger partial charge in [0.15, 0.2) is 0 Å². The van der Waals surface area contributed by atoms with Crippen LogP contribution in [0.3, 0.4) is 0 Å². The van der Waals surface area contributed by atoms with Gasteiger partial charge in [0.25, 0.3) is 0 Å². The Labute approximate surface area is 101 Å². The summed E-state index contributed by atoms with van der Waals surface area (Å²) in [7, 11) is 0. The van der Waals surface area contributed by atoms with E-state index >= 15 is 0 Å². The number of aliphatic hydroxyl groups excluding tert-OH is 3. The number of aliphatic hydroxyl groups is 3. The molecule has 0 aliphatic carbocycles. The lowest BCUT2D eigenvalue weighted by Gasteiger charge is -2.31. The summed E-state index contributed by atoms with van der Waals surface area (Å²) >= 11 is 0. The lowest BCUT2D eigenvalue weighted by molar-refractivity contribution is -0.100. The van der Waals surface area contributed by atoms with Crippen LogP contribution >= 0.6 is 0 Å². The van der Waals surface area contributed by atoms with Crippen molar-refractivity contribution in [2.75, 3.05) is 32.7 Å². The molecule has 0 aromatic carbocycles. The zero-order valence-corrected chi connectivity index (χ0v) is 9.68. The van der Waals surface area contributed by atoms with Crippen molar-refractivity contribution in [3.63, 3.8) is 0 Å². The second kappa shape index (κ2) is 7.72. The van der Waals surface area contributed by atoms with Crippen LogP contribution in [0.5, 0.6) is 0 Å². The third kappa shape index (κ3) is 4.10. The second-order valence-electron chi connectivity index (χ2n) is 3.53. The number of hydrogen-bond acceptors (Lipinski definition) is 6. The largest absolute Gasteiger partial charge is 0.516 e. The summed E-state index contributed by atoms with van der Waals surface area (Å²) in [6.07, 6.45) is 8.00. The van der Waals surface area contributed by atoms with Crippen molar-refractivity contribution in [3.8, 4) is 0 Å². The Balaban J connectivity index is 2.59. The minimum absolute atomic E-state index is 0.551. The molecule has 3 N–H and O–H groups in total. The third-order valence-corrected chi connectivity index (χ3v) is 2.49. The molecule has 1 saturated heterocycles. The van der Waals surface area contributed by atoms with Gasteiger partial charge in [-0.25, -0.2) is 10.0 Å². The Morgan fingerprint density at radius 2 is 1.12 bits per heavy atom. The topological polar surface area (TPSA) is 70.4 Å². The fourth-order valence-corrected chi connectivity index (χ4v) is 1.72. The van der Waals surface area contributed by atoms with Gasteiger partial charge in [-0.05, 0) is 18.2 Å². The van der Waals surface area contributed by atoms with Gasteiger partial charge in [-0.2, -0.15) is 5.12 Å². The van der Waals surface area contributed by atoms with Gasteiger partial charge < -0.3 is 15.3 Å². The Kier molecular flexibility index (Phi) is 6.16. The molecule has 6 nitrogen and oxygen atoms in total. The number of hydrazine groups is 2. The summed E-state index contributed by atoms with van der Waals surface area (Å²) in [4.78, 5) is 0. The number of rotatable bonds is 6. The summed E-state index contributed by atoms with van der Waals surface area (Å²) in [6, 6.07) is 0. The van der Waals surface area contributed by atoms with E-state index in [0.29, 0.717) is 19.6 Å². The summed E-state index contributed by atoms with van der Waals surface area (Å²) in [5.41, 5.74) is 0. The summed E-state index contributed by atoms with van der Waals surface area (Å²) in [5.74, 6) is 0. The van der Waals surface area contributed by atoms with Crippen molar-refractivity contribution in [2.24, 2.45) is 0 Å². The van der Waals surface area contributed by atoms with Gasteiger partial charge in [0, 0.05) is 26.2 Å². The first kappa shape index (κ1) is 13.6. The second-order valence-corrected chi connectivity index (χ2v) is 3.53. The highest BCUT2D eigenvalue weighted by atomic mass is 16.2. The fourth-order valence-electron chi connectivity index (χ4n) is 1.72. The molecule has 1 rings (SSSR count). The maximum absolute atomic E-state index is 8.70. The molecule has 0 bridgehead atoms. The van der Waals surface area contributed by atoms with Crippen LogP contribution in [0.2, 0.25) is 0 Å². The van der Waals surface area contributed by atoms with Gasteiger partial charge in [0.05, 0.1) is 25.3 Å². The van der Waals surface area contributed by atoms with E-state index in [0.717, 1.165) is 31.9 Å². The fraction of sp³-hybridized carbons (Fsp3) is 0.455. The summed E-state index contributed by atoms with van der Waals surface area (Å²) in [6.45, 7) is 3.44. The van der Waals surface area contributed by atoms with Gasteiger partial charge in [0.2, 0.25) is 0 Å². The quantitative estimate of drug-likeness (QED) is 0.601. The molecule has 1 aliphatic rings. The van der Waals surface area contributed by atoms with Crippen LogP contribution in [-0.2, 0) is 0 Å². The van der Waals surface area contributed by atoms with Gasteiger partial charge in [0.1, 0.15) is 0 Å². The molecule has 1 aliphatic heterocycles. The maximum Gasteiger partial charge on any atom is 0.0765 e. The van der Waals surface area contributed by atoms with E-state index < -0.39 is 0 Å². The predicted octanol–water partition coefficient (Wildman–Crippen LogP) is 0.951. The van der Waals surface area contributed by atoms with Crippen molar-refractivity contribution in [2.45, 2.75) is 0 Å². The van der Waals surface area contributed by atoms with E-state index in [-0.39, 0.29) is 0 Å². The zero-order valence-electron chi connectivity index (χ0n) is 9.68. The monoisotopic (exact) mass is 241 g/mol. The minimum atomic E-state index is 0.551. The van der Waals surface area contributed by atoms with Gasteiger partial charge >= 0.3 is 0 Å². The van der Waals surface area contributed by atoms with Crippen molar-refractivity contribution in [1.29, 1.82) is 0 Å². The first-order valence-electron chi connectivity index (χ1n) is 5.48. The minimum Gasteiger partial charge on any atom is -0.516 e. The van der Waals surface area contributed by atoms with Crippen molar-refractivity contribution < 1.29 is 15.3 Å². The van der Waals surface area contributed by atoms with Crippen LogP contribution in [0.4, 0.5) is 0 Å². The first-order valence-corrected chi connectivity index (χ1v) is 5.48. The van der Waals surface area contributed by atoms with E-state index in [1.807, 2.05) is 15.1 Å². The lowest BCUT2D eigenvalue weighted by atomic mass is 10.5. The van der Waals surface area contributed by atoms with Crippen LogP contribution in [0, 0.1) is 0 Å². The molecule has 1 fully saturated rings. The Bertz CT molecular complexity index is 270. The highest BCUT2D eigenvalue weighted by molar-refractivity contribution is 4.86. The van der Waals surface area contributed by atoms with Gasteiger partial charge in [-0.1, -0.05) is 0 Å². The van der Waals surface area contributed by atoms with Crippen molar-refractivity contribution in [1.82, 2.24) is 15.1 Å². The van der Waals surface area contributed by atoms with Crippen LogP contribution in [0.25, 0.3) is 0 Å². The number of hydrogen-bond donors (Lipinski definition) is 3. The van der Waals surface area contributed by atoms with Crippen LogP contribution in [-0.4, -0.2) is 63.2 Å². The Hall–Kier alpha value is -1.50. The summed E-state index contributed by atoms with van der Waals surface area (Å²) < 4.78 is 0. The molecule has 0 unspecified atom stereocenters. The SMILES string of the molecule is OC=CCN1CCN(CC=CO)N1CC=CO. The van der Waals surface area contributed by atoms with E-state index in [9.17, 15) is 0 Å². The van der Waals surface area contributed by atoms with Crippen LogP contribution in [0.1, 0.15) is 0 Å². The van der Waals surface area contributed by atoms with E-state index in [1.165, 1.54) is 0 Å². The average Bonchev–Trinajstić information content (AvgIpc) is 2.73. The molecule has 0 amide bonds. The molecule has 6 heteroatoms. The molecule has 0 aromatic rings. The summed E-state index contributed by atoms with van der Waals surface area (Å²) in [5, 5.41) is 32.1. The molecule has 0 saturated carbocycles. The van der Waals surface area contributed by atoms with E-state index in [2.05, 4.69) is 0 Å². The number of nitrogens with zero attached hydrogens (tertiary/aromatic N) is 3. The first-order chi connectivity index (χ1) is 8.33. The molecule has 0 spiro atoms. The van der Waals surface area contributed by atoms with E-state index in [1.54, 1.807) is 18.2 Å². The molecule has 0 aromatic heterocycles. The predicted molar refractivity (Wildman–Crippen MR) is 65.2 cm³/mol. The molecular weight excluding hydrogens is 222 g/mol. The highest BCUT2D eigenvalue weighted by Gasteiger charge is 2.26. The van der Waals surface area contributed by atoms with Gasteiger partial charge in [-0.3, -0.25) is 0 Å². The van der Waals surface area contributed by atoms with Crippen LogP contribution in [0.15, 0.2) is 37.0 Å². The molecule has 0 radical (unpaired) electrons. The normalized spacial score (nSPS) is 20.5. The molecule has 96 valence electrons. The standard InChI is InChI=1S/C11H19N3O3/c15-9-1-4-12-7-8-13(5-2-10-16)14(12)6-3-11-17/h1-3,9-11,15-17H,4-8H2. The average molecular weight is 241 g/mol. The molecule has 17 heavy (non-hydrogen) atoms. The molecule has 0 atom stereocenters. The lowest BCUT2D eigenvalue weighted by Crippen LogP contribution is -2.44. The van der Waals surface area contributed by atoms with E-state index in [4.69, 9.17) is 15.3 Å². The third-order valence-electron chi connectivity index (χ3n) is 2.49. The Morgan fingerprint density at radius 3 is 1.53 bits per heavy atom. The van der Waals surface area contributed by atoms with Crippen LogP contribution < -0.4 is 0 Å². The Morgan fingerprint density at radius 1 is 0.706 bits per heavy atom. The molecular formula is C11H19N3O3. The van der Waals surface area contributed by atoms with Gasteiger partial charge in [-0.15, -0.1) is 0 Å².